The maximum absolute atomic E-state index is 11.2. The van der Waals surface area contributed by atoms with Crippen LogP contribution in [0.4, 0.5) is 11.4 Å². The minimum Gasteiger partial charge on any atom is -0.465 e. The van der Waals surface area contributed by atoms with Crippen LogP contribution in [0.15, 0.2) is 12.4 Å². The first-order valence-electron chi connectivity index (χ1n) is 4.00. The van der Waals surface area contributed by atoms with Gasteiger partial charge in [0.2, 0.25) is 0 Å². The van der Waals surface area contributed by atoms with E-state index in [4.69, 9.17) is 0 Å². The Hall–Kier alpha value is -2.18. The molecule has 0 aliphatic heterocycles. The van der Waals surface area contributed by atoms with Gasteiger partial charge in [-0.3, -0.25) is 15.1 Å². The van der Waals surface area contributed by atoms with Crippen LogP contribution in [0.1, 0.15) is 10.4 Å². The lowest BCUT2D eigenvalue weighted by Crippen LogP contribution is -2.08. The second-order valence-electron chi connectivity index (χ2n) is 2.58. The molecule has 7 heteroatoms. The molecular formula is C8H9N3O4. The van der Waals surface area contributed by atoms with Gasteiger partial charge in [-0.25, -0.2) is 4.79 Å². The van der Waals surface area contributed by atoms with Gasteiger partial charge in [0.05, 0.1) is 12.0 Å². The number of ether oxygens (including phenoxy) is 1. The number of pyridine rings is 1. The number of hydrogen-bond donors (Lipinski definition) is 1. The number of nitrogens with one attached hydrogen (secondary N) is 1. The molecule has 1 aromatic heterocycles. The fourth-order valence-electron chi connectivity index (χ4n) is 1.12. The standard InChI is InChI=1S/C8H9N3O4/c1-9-7-5(8(12)15-2)3-10-4-6(7)11(13)14/h3-4H,1-2H3,(H,9,10). The van der Waals surface area contributed by atoms with Crippen molar-refractivity contribution in [2.45, 2.75) is 0 Å². The van der Waals surface area contributed by atoms with Crippen molar-refractivity contribution in [1.29, 1.82) is 0 Å². The Morgan fingerprint density at radius 2 is 2.27 bits per heavy atom. The summed E-state index contributed by atoms with van der Waals surface area (Å²) in [5.41, 5.74) is -0.128. The second kappa shape index (κ2) is 4.36. The number of carbonyl (C=O) groups is 1. The molecule has 1 N–H and O–H groups in total. The number of anilines is 1. The minimum atomic E-state index is -0.671. The highest BCUT2D eigenvalue weighted by Gasteiger charge is 2.21. The van der Waals surface area contributed by atoms with Gasteiger partial charge >= 0.3 is 11.7 Å². The highest BCUT2D eigenvalue weighted by atomic mass is 16.6. The molecule has 0 fully saturated rings. The van der Waals surface area contributed by atoms with Crippen molar-refractivity contribution in [2.24, 2.45) is 0 Å². The monoisotopic (exact) mass is 211 g/mol. The van der Waals surface area contributed by atoms with Crippen LogP contribution in [-0.4, -0.2) is 30.0 Å². The van der Waals surface area contributed by atoms with Gasteiger partial charge in [-0.15, -0.1) is 0 Å². The van der Waals surface area contributed by atoms with Crippen molar-refractivity contribution in [3.8, 4) is 0 Å². The fraction of sp³-hybridized carbons (Fsp3) is 0.250. The zero-order valence-electron chi connectivity index (χ0n) is 8.18. The number of rotatable bonds is 3. The predicted molar refractivity (Wildman–Crippen MR) is 51.8 cm³/mol. The normalized spacial score (nSPS) is 9.47. The van der Waals surface area contributed by atoms with Gasteiger partial charge in [0.1, 0.15) is 17.4 Å². The van der Waals surface area contributed by atoms with E-state index in [1.54, 1.807) is 0 Å². The summed E-state index contributed by atoms with van der Waals surface area (Å²) >= 11 is 0. The maximum atomic E-state index is 11.2. The largest absolute Gasteiger partial charge is 0.465 e. The maximum Gasteiger partial charge on any atom is 0.341 e. The van der Waals surface area contributed by atoms with E-state index in [1.165, 1.54) is 20.4 Å². The molecule has 1 heterocycles. The smallest absolute Gasteiger partial charge is 0.341 e. The average Bonchev–Trinajstić information content (AvgIpc) is 2.26. The van der Waals surface area contributed by atoms with Crippen molar-refractivity contribution in [1.82, 2.24) is 4.98 Å². The molecule has 1 aromatic rings. The third-order valence-electron chi connectivity index (χ3n) is 1.78. The van der Waals surface area contributed by atoms with Crippen LogP contribution in [0.5, 0.6) is 0 Å². The van der Waals surface area contributed by atoms with Crippen LogP contribution in [-0.2, 0) is 4.74 Å². The molecule has 1 rings (SSSR count). The molecule has 0 saturated heterocycles. The Morgan fingerprint density at radius 1 is 1.60 bits per heavy atom. The molecule has 80 valence electrons. The molecule has 15 heavy (non-hydrogen) atoms. The van der Waals surface area contributed by atoms with Gasteiger partial charge in [0, 0.05) is 13.2 Å². The molecule has 0 aliphatic rings. The van der Waals surface area contributed by atoms with E-state index in [2.05, 4.69) is 15.0 Å². The molecule has 0 bridgehead atoms. The van der Waals surface area contributed by atoms with Crippen molar-refractivity contribution in [3.05, 3.63) is 28.1 Å². The Labute approximate surface area is 85.2 Å². The van der Waals surface area contributed by atoms with Crippen LogP contribution in [0.25, 0.3) is 0 Å². The van der Waals surface area contributed by atoms with E-state index in [-0.39, 0.29) is 16.9 Å². The van der Waals surface area contributed by atoms with Crippen LogP contribution in [0.3, 0.4) is 0 Å². The summed E-state index contributed by atoms with van der Waals surface area (Å²) in [5.74, 6) is -0.671. The van der Waals surface area contributed by atoms with E-state index in [1.807, 2.05) is 0 Å². The van der Waals surface area contributed by atoms with E-state index in [9.17, 15) is 14.9 Å². The topological polar surface area (TPSA) is 94.4 Å². The van der Waals surface area contributed by atoms with E-state index < -0.39 is 10.9 Å². The fourth-order valence-corrected chi connectivity index (χ4v) is 1.12. The van der Waals surface area contributed by atoms with Gasteiger partial charge in [-0.1, -0.05) is 0 Å². The molecule has 0 spiro atoms. The summed E-state index contributed by atoms with van der Waals surface area (Å²) in [4.78, 5) is 24.8. The summed E-state index contributed by atoms with van der Waals surface area (Å²) in [6, 6.07) is 0. The third kappa shape index (κ3) is 2.01. The zero-order chi connectivity index (χ0) is 11.4. The lowest BCUT2D eigenvalue weighted by Gasteiger charge is -2.06. The van der Waals surface area contributed by atoms with Gasteiger partial charge in [-0.05, 0) is 0 Å². The molecule has 0 unspecified atom stereocenters. The number of nitrogens with zero attached hydrogens (tertiary/aromatic N) is 2. The number of carbonyl (C=O) groups excluding carboxylic acids is 1. The number of hydrogen-bond acceptors (Lipinski definition) is 6. The molecule has 7 nitrogen and oxygen atoms in total. The Kier molecular flexibility index (Phi) is 3.17. The summed E-state index contributed by atoms with van der Waals surface area (Å²) < 4.78 is 4.47. The molecule has 0 aliphatic carbocycles. The molecule has 0 saturated carbocycles. The first-order valence-corrected chi connectivity index (χ1v) is 4.00. The first kappa shape index (κ1) is 10.9. The van der Waals surface area contributed by atoms with Gasteiger partial charge in [0.25, 0.3) is 0 Å². The molecule has 0 amide bonds. The SMILES string of the molecule is CNc1c(C(=O)OC)cncc1[N+](=O)[O-]. The first-order chi connectivity index (χ1) is 7.11. The summed E-state index contributed by atoms with van der Waals surface area (Å²) in [6.07, 6.45) is 2.28. The van der Waals surface area contributed by atoms with Crippen molar-refractivity contribution < 1.29 is 14.5 Å². The highest BCUT2D eigenvalue weighted by molar-refractivity contribution is 5.97. The Bertz CT molecular complexity index is 405. The number of nitro groups is 1. The molecular weight excluding hydrogens is 202 g/mol. The third-order valence-corrected chi connectivity index (χ3v) is 1.78. The van der Waals surface area contributed by atoms with Crippen LogP contribution >= 0.6 is 0 Å². The zero-order valence-corrected chi connectivity index (χ0v) is 8.18. The van der Waals surface area contributed by atoms with E-state index >= 15 is 0 Å². The summed E-state index contributed by atoms with van der Waals surface area (Å²) in [6.45, 7) is 0. The van der Waals surface area contributed by atoms with Crippen LogP contribution < -0.4 is 5.32 Å². The van der Waals surface area contributed by atoms with Crippen molar-refractivity contribution >= 4 is 17.3 Å². The Balaban J connectivity index is 3.34. The summed E-state index contributed by atoms with van der Waals surface area (Å²) in [7, 11) is 2.68. The molecule has 0 atom stereocenters. The highest BCUT2D eigenvalue weighted by Crippen LogP contribution is 2.26. The van der Waals surface area contributed by atoms with Crippen LogP contribution in [0.2, 0.25) is 0 Å². The molecule has 0 radical (unpaired) electrons. The second-order valence-corrected chi connectivity index (χ2v) is 2.58. The molecule has 0 aromatic carbocycles. The van der Waals surface area contributed by atoms with Gasteiger partial charge < -0.3 is 10.1 Å². The number of aromatic nitrogens is 1. The Morgan fingerprint density at radius 3 is 2.73 bits per heavy atom. The predicted octanol–water partition coefficient (Wildman–Crippen LogP) is 0.818. The lowest BCUT2D eigenvalue weighted by molar-refractivity contribution is -0.384. The van der Waals surface area contributed by atoms with Crippen LogP contribution in [0, 0.1) is 10.1 Å². The summed E-state index contributed by atoms with van der Waals surface area (Å²) in [5, 5.41) is 13.2. The number of methoxy groups -OCH3 is 1. The van der Waals surface area contributed by atoms with Crippen molar-refractivity contribution in [3.63, 3.8) is 0 Å². The lowest BCUT2D eigenvalue weighted by atomic mass is 10.2. The minimum absolute atomic E-state index is 0.0363. The quantitative estimate of drug-likeness (QED) is 0.451. The van der Waals surface area contributed by atoms with Crippen molar-refractivity contribution in [2.75, 3.05) is 19.5 Å². The van der Waals surface area contributed by atoms with E-state index in [0.29, 0.717) is 0 Å². The van der Waals surface area contributed by atoms with Gasteiger partial charge in [0.15, 0.2) is 0 Å². The van der Waals surface area contributed by atoms with Gasteiger partial charge in [-0.2, -0.15) is 0 Å². The number of esters is 1. The average molecular weight is 211 g/mol. The van der Waals surface area contributed by atoms with E-state index in [0.717, 1.165) is 6.20 Å².